The fourth-order valence-corrected chi connectivity index (χ4v) is 2.15. The van der Waals surface area contributed by atoms with Gasteiger partial charge in [-0.25, -0.2) is 4.98 Å². The van der Waals surface area contributed by atoms with Gasteiger partial charge in [-0.2, -0.15) is 0 Å². The molecule has 1 N–H and O–H groups in total. The Bertz CT molecular complexity index is 608. The van der Waals surface area contributed by atoms with Crippen LogP contribution in [0.25, 0.3) is 11.0 Å². The normalized spacial score (nSPS) is 12.9. The van der Waals surface area contributed by atoms with Crippen LogP contribution in [0, 0.1) is 13.8 Å². The predicted octanol–water partition coefficient (Wildman–Crippen LogP) is 3.28. The Morgan fingerprint density at radius 3 is 2.56 bits per heavy atom. The van der Waals surface area contributed by atoms with Gasteiger partial charge >= 0.3 is 0 Å². The summed E-state index contributed by atoms with van der Waals surface area (Å²) in [5.41, 5.74) is 5.52. The molecule has 0 saturated heterocycles. The quantitative estimate of drug-likeness (QED) is 0.841. The monoisotopic (exact) mass is 244 g/mol. The summed E-state index contributed by atoms with van der Waals surface area (Å²) >= 11 is 0. The van der Waals surface area contributed by atoms with E-state index in [1.54, 1.807) is 6.92 Å². The van der Waals surface area contributed by atoms with E-state index in [0.29, 0.717) is 12.4 Å². The highest BCUT2D eigenvalue weighted by molar-refractivity contribution is 5.78. The number of imidazole rings is 1. The Kier molecular flexibility index (Phi) is 3.26. The van der Waals surface area contributed by atoms with Crippen LogP contribution >= 0.6 is 0 Å². The van der Waals surface area contributed by atoms with Crippen LogP contribution in [0.1, 0.15) is 36.9 Å². The Morgan fingerprint density at radius 2 is 2.00 bits per heavy atom. The van der Waals surface area contributed by atoms with Gasteiger partial charge in [-0.05, 0) is 51.0 Å². The molecule has 0 spiro atoms. The Labute approximate surface area is 108 Å². The van der Waals surface area contributed by atoms with Crippen molar-refractivity contribution in [2.45, 2.75) is 40.3 Å². The number of benzene rings is 1. The SMILES string of the molecule is C=C(C)Cn1c(C(C)O)nc2cc(C)c(C)cc21. The summed E-state index contributed by atoms with van der Waals surface area (Å²) in [6.45, 7) is 12.5. The first-order chi connectivity index (χ1) is 8.40. The van der Waals surface area contributed by atoms with Crippen LogP contribution in [-0.2, 0) is 6.54 Å². The lowest BCUT2D eigenvalue weighted by atomic mass is 10.1. The maximum Gasteiger partial charge on any atom is 0.138 e. The molecule has 2 aromatic rings. The van der Waals surface area contributed by atoms with E-state index in [0.717, 1.165) is 16.6 Å². The first-order valence-corrected chi connectivity index (χ1v) is 6.20. The van der Waals surface area contributed by atoms with E-state index in [9.17, 15) is 5.11 Å². The van der Waals surface area contributed by atoms with Gasteiger partial charge in [0.1, 0.15) is 11.9 Å². The zero-order valence-electron chi connectivity index (χ0n) is 11.5. The lowest BCUT2D eigenvalue weighted by Crippen LogP contribution is -2.07. The standard InChI is InChI=1S/C15H20N2O/c1-9(2)8-17-14-7-11(4)10(3)6-13(14)16-15(17)12(5)18/h6-7,12,18H,1,8H2,2-5H3. The Morgan fingerprint density at radius 1 is 1.39 bits per heavy atom. The summed E-state index contributed by atoms with van der Waals surface area (Å²) in [6.07, 6.45) is -0.572. The van der Waals surface area contributed by atoms with E-state index in [-0.39, 0.29) is 0 Å². The summed E-state index contributed by atoms with van der Waals surface area (Å²) in [5, 5.41) is 9.84. The number of nitrogens with zero attached hydrogens (tertiary/aromatic N) is 2. The molecular weight excluding hydrogens is 224 g/mol. The van der Waals surface area contributed by atoms with Crippen molar-refractivity contribution in [1.29, 1.82) is 0 Å². The molecule has 0 aliphatic rings. The van der Waals surface area contributed by atoms with Gasteiger partial charge < -0.3 is 9.67 Å². The van der Waals surface area contributed by atoms with Crippen molar-refractivity contribution in [2.75, 3.05) is 0 Å². The summed E-state index contributed by atoms with van der Waals surface area (Å²) in [6, 6.07) is 4.21. The molecule has 0 fully saturated rings. The van der Waals surface area contributed by atoms with E-state index in [1.807, 2.05) is 6.92 Å². The average molecular weight is 244 g/mol. The number of aliphatic hydroxyl groups is 1. The fraction of sp³-hybridized carbons (Fsp3) is 0.400. The number of rotatable bonds is 3. The third-order valence-corrected chi connectivity index (χ3v) is 3.19. The molecular formula is C15H20N2O. The summed E-state index contributed by atoms with van der Waals surface area (Å²) in [5.74, 6) is 0.706. The highest BCUT2D eigenvalue weighted by atomic mass is 16.3. The second-order valence-corrected chi connectivity index (χ2v) is 5.11. The highest BCUT2D eigenvalue weighted by Gasteiger charge is 2.15. The Balaban J connectivity index is 2.72. The minimum atomic E-state index is -0.572. The van der Waals surface area contributed by atoms with Crippen LogP contribution in [0.15, 0.2) is 24.3 Å². The second-order valence-electron chi connectivity index (χ2n) is 5.11. The smallest absolute Gasteiger partial charge is 0.138 e. The van der Waals surface area contributed by atoms with Crippen LogP contribution in [0.3, 0.4) is 0 Å². The van der Waals surface area contributed by atoms with Crippen molar-refractivity contribution in [1.82, 2.24) is 9.55 Å². The largest absolute Gasteiger partial charge is 0.385 e. The number of fused-ring (bicyclic) bond motifs is 1. The first kappa shape index (κ1) is 12.8. The van der Waals surface area contributed by atoms with E-state index >= 15 is 0 Å². The van der Waals surface area contributed by atoms with Crippen LogP contribution in [-0.4, -0.2) is 14.7 Å². The van der Waals surface area contributed by atoms with Crippen molar-refractivity contribution >= 4 is 11.0 Å². The minimum Gasteiger partial charge on any atom is -0.385 e. The van der Waals surface area contributed by atoms with Crippen LogP contribution in [0.4, 0.5) is 0 Å². The molecule has 1 aromatic carbocycles. The number of hydrogen-bond acceptors (Lipinski definition) is 2. The molecule has 3 nitrogen and oxygen atoms in total. The van der Waals surface area contributed by atoms with Crippen molar-refractivity contribution in [3.05, 3.63) is 41.2 Å². The van der Waals surface area contributed by atoms with Gasteiger partial charge in [0, 0.05) is 6.54 Å². The van der Waals surface area contributed by atoms with Gasteiger partial charge in [0.2, 0.25) is 0 Å². The summed E-state index contributed by atoms with van der Waals surface area (Å²) in [7, 11) is 0. The second kappa shape index (κ2) is 4.58. The van der Waals surface area contributed by atoms with Gasteiger partial charge in [-0.3, -0.25) is 0 Å². The third-order valence-electron chi connectivity index (χ3n) is 3.19. The number of aryl methyl sites for hydroxylation is 2. The average Bonchev–Trinajstić information content (AvgIpc) is 2.57. The summed E-state index contributed by atoms with van der Waals surface area (Å²) in [4.78, 5) is 4.54. The van der Waals surface area contributed by atoms with Gasteiger partial charge in [0.15, 0.2) is 0 Å². The third kappa shape index (κ3) is 2.18. The molecule has 3 heteroatoms. The molecule has 0 aliphatic carbocycles. The maximum absolute atomic E-state index is 9.84. The molecule has 0 amide bonds. The van der Waals surface area contributed by atoms with Gasteiger partial charge in [-0.1, -0.05) is 12.2 Å². The molecule has 2 rings (SSSR count). The van der Waals surface area contributed by atoms with Gasteiger partial charge in [-0.15, -0.1) is 0 Å². The Hall–Kier alpha value is -1.61. The predicted molar refractivity (Wildman–Crippen MR) is 74.7 cm³/mol. The van der Waals surface area contributed by atoms with Gasteiger partial charge in [0.25, 0.3) is 0 Å². The molecule has 1 aromatic heterocycles. The van der Waals surface area contributed by atoms with Crippen molar-refractivity contribution in [3.8, 4) is 0 Å². The zero-order valence-corrected chi connectivity index (χ0v) is 11.5. The van der Waals surface area contributed by atoms with Crippen LogP contribution in [0.2, 0.25) is 0 Å². The molecule has 1 atom stereocenters. The summed E-state index contributed by atoms with van der Waals surface area (Å²) < 4.78 is 2.05. The van der Waals surface area contributed by atoms with E-state index in [2.05, 4.69) is 42.1 Å². The lowest BCUT2D eigenvalue weighted by molar-refractivity contribution is 0.185. The number of aliphatic hydroxyl groups excluding tert-OH is 1. The van der Waals surface area contributed by atoms with Crippen LogP contribution < -0.4 is 0 Å². The van der Waals surface area contributed by atoms with Crippen molar-refractivity contribution in [3.63, 3.8) is 0 Å². The molecule has 0 aliphatic heterocycles. The minimum absolute atomic E-state index is 0.572. The molecule has 18 heavy (non-hydrogen) atoms. The van der Waals surface area contributed by atoms with Gasteiger partial charge in [0.05, 0.1) is 11.0 Å². The molecule has 96 valence electrons. The maximum atomic E-state index is 9.84. The molecule has 0 saturated carbocycles. The van der Waals surface area contributed by atoms with E-state index in [1.165, 1.54) is 11.1 Å². The van der Waals surface area contributed by atoms with Crippen molar-refractivity contribution < 1.29 is 5.11 Å². The first-order valence-electron chi connectivity index (χ1n) is 6.20. The van der Waals surface area contributed by atoms with E-state index in [4.69, 9.17) is 0 Å². The molecule has 0 bridgehead atoms. The number of allylic oxidation sites excluding steroid dienone is 1. The molecule has 0 radical (unpaired) electrons. The molecule has 1 unspecified atom stereocenters. The number of aromatic nitrogens is 2. The van der Waals surface area contributed by atoms with Crippen molar-refractivity contribution in [2.24, 2.45) is 0 Å². The van der Waals surface area contributed by atoms with Crippen LogP contribution in [0.5, 0.6) is 0 Å². The highest BCUT2D eigenvalue weighted by Crippen LogP contribution is 2.24. The zero-order chi connectivity index (χ0) is 13.4. The fourth-order valence-electron chi connectivity index (χ4n) is 2.15. The number of hydrogen-bond donors (Lipinski definition) is 1. The molecule has 1 heterocycles. The lowest BCUT2D eigenvalue weighted by Gasteiger charge is -2.11. The topological polar surface area (TPSA) is 38.0 Å². The van der Waals surface area contributed by atoms with E-state index < -0.39 is 6.10 Å².